The highest BCUT2D eigenvalue weighted by Gasteiger charge is 2.13. The van der Waals surface area contributed by atoms with Crippen LogP contribution in [-0.2, 0) is 24.7 Å². The molecule has 0 aliphatic rings. The normalized spacial score (nSPS) is 12.3. The first-order chi connectivity index (χ1) is 16.5. The molecule has 2 aromatic carbocycles. The number of aryl methyl sites for hydroxylation is 1. The molecule has 0 aliphatic heterocycles. The van der Waals surface area contributed by atoms with Gasteiger partial charge in [-0.15, -0.1) is 0 Å². The number of imidazole rings is 1. The molecule has 5 aromatic rings. The Morgan fingerprint density at radius 2 is 1.94 bits per heavy atom. The van der Waals surface area contributed by atoms with E-state index in [1.807, 2.05) is 36.0 Å². The molecular formula is C24H20FN6O2S-. The zero-order chi connectivity index (χ0) is 23.7. The van der Waals surface area contributed by atoms with Gasteiger partial charge in [0, 0.05) is 54.3 Å². The maximum absolute atomic E-state index is 14.6. The second-order valence-corrected chi connectivity index (χ2v) is 8.54. The molecule has 34 heavy (non-hydrogen) atoms. The van der Waals surface area contributed by atoms with Crippen molar-refractivity contribution in [3.05, 3.63) is 84.8 Å². The molecule has 3 aromatic heterocycles. The van der Waals surface area contributed by atoms with Crippen LogP contribution < -0.4 is 4.72 Å². The Kier molecular flexibility index (Phi) is 6.01. The third-order valence-corrected chi connectivity index (χ3v) is 5.92. The van der Waals surface area contributed by atoms with Crippen LogP contribution in [-0.4, -0.2) is 39.6 Å². The average molecular weight is 476 g/mol. The summed E-state index contributed by atoms with van der Waals surface area (Å²) in [5.41, 5.74) is 5.33. The van der Waals surface area contributed by atoms with Gasteiger partial charge in [-0.2, -0.15) is 5.10 Å². The molecule has 0 spiro atoms. The molecule has 1 unspecified atom stereocenters. The van der Waals surface area contributed by atoms with Gasteiger partial charge in [0.1, 0.15) is 18.0 Å². The molecule has 5 rings (SSSR count). The lowest BCUT2D eigenvalue weighted by Crippen LogP contribution is -2.20. The van der Waals surface area contributed by atoms with Gasteiger partial charge >= 0.3 is 0 Å². The van der Waals surface area contributed by atoms with E-state index in [4.69, 9.17) is 4.98 Å². The molecular weight excluding hydrogens is 455 g/mol. The Morgan fingerprint density at radius 1 is 1.09 bits per heavy atom. The fraction of sp³-hybridized carbons (Fsp3) is 0.125. The van der Waals surface area contributed by atoms with E-state index in [9.17, 15) is 13.2 Å². The molecule has 0 fully saturated rings. The van der Waals surface area contributed by atoms with E-state index in [1.165, 1.54) is 6.07 Å². The highest BCUT2D eigenvalue weighted by Crippen LogP contribution is 2.28. The Hall–Kier alpha value is -3.73. The molecule has 0 aliphatic carbocycles. The second-order valence-electron chi connectivity index (χ2n) is 7.78. The predicted molar refractivity (Wildman–Crippen MR) is 127 cm³/mol. The van der Waals surface area contributed by atoms with Crippen LogP contribution in [0.3, 0.4) is 0 Å². The monoisotopic (exact) mass is 475 g/mol. The first-order valence-electron chi connectivity index (χ1n) is 10.5. The van der Waals surface area contributed by atoms with E-state index in [-0.39, 0.29) is 12.4 Å². The second kappa shape index (κ2) is 9.26. The van der Waals surface area contributed by atoms with Crippen LogP contribution in [0.4, 0.5) is 4.39 Å². The van der Waals surface area contributed by atoms with Crippen LogP contribution in [0.1, 0.15) is 5.69 Å². The topological polar surface area (TPSA) is 101 Å². The summed E-state index contributed by atoms with van der Waals surface area (Å²) < 4.78 is 42.2. The van der Waals surface area contributed by atoms with Crippen molar-refractivity contribution in [3.63, 3.8) is 0 Å². The SMILES string of the molecule is Cn1cc(-c2ccc3c(c2)ncn3-c2cc(-c3ccccc3F)cc(CCNS(=O)[O-])n2)cn1. The molecule has 0 radical (unpaired) electrons. The quantitative estimate of drug-likeness (QED) is 0.363. The van der Waals surface area contributed by atoms with Gasteiger partial charge in [0.25, 0.3) is 0 Å². The summed E-state index contributed by atoms with van der Waals surface area (Å²) in [6, 6.07) is 16.0. The minimum Gasteiger partial charge on any atom is -0.760 e. The van der Waals surface area contributed by atoms with E-state index in [2.05, 4.69) is 14.8 Å². The average Bonchev–Trinajstić information content (AvgIpc) is 3.45. The molecule has 3 heterocycles. The van der Waals surface area contributed by atoms with Gasteiger partial charge < -0.3 is 4.55 Å². The number of pyridine rings is 1. The first-order valence-corrected chi connectivity index (χ1v) is 11.6. The molecule has 0 bridgehead atoms. The molecule has 10 heteroatoms. The van der Waals surface area contributed by atoms with Crippen LogP contribution in [0.15, 0.2) is 73.3 Å². The van der Waals surface area contributed by atoms with Gasteiger partial charge in [-0.05, 0) is 41.5 Å². The number of benzene rings is 2. The van der Waals surface area contributed by atoms with E-state index in [1.54, 1.807) is 47.5 Å². The van der Waals surface area contributed by atoms with E-state index in [0.29, 0.717) is 29.1 Å². The molecule has 0 amide bonds. The zero-order valence-electron chi connectivity index (χ0n) is 18.2. The van der Waals surface area contributed by atoms with Gasteiger partial charge in [0.2, 0.25) is 0 Å². The predicted octanol–water partition coefficient (Wildman–Crippen LogP) is 3.55. The van der Waals surface area contributed by atoms with Gasteiger partial charge in [-0.25, -0.2) is 19.1 Å². The van der Waals surface area contributed by atoms with Crippen molar-refractivity contribution in [2.75, 3.05) is 6.54 Å². The summed E-state index contributed by atoms with van der Waals surface area (Å²) >= 11 is -2.36. The van der Waals surface area contributed by atoms with Gasteiger partial charge in [-0.3, -0.25) is 13.5 Å². The number of aromatic nitrogens is 5. The van der Waals surface area contributed by atoms with Crippen molar-refractivity contribution in [1.82, 2.24) is 29.0 Å². The number of hydrogen-bond donors (Lipinski definition) is 1. The highest BCUT2D eigenvalue weighted by atomic mass is 32.2. The summed E-state index contributed by atoms with van der Waals surface area (Å²) in [5.74, 6) is 0.219. The van der Waals surface area contributed by atoms with Crippen LogP contribution in [0.2, 0.25) is 0 Å². The summed E-state index contributed by atoms with van der Waals surface area (Å²) in [6.07, 6.45) is 5.76. The van der Waals surface area contributed by atoms with Gasteiger partial charge in [0.05, 0.1) is 17.2 Å². The first kappa shape index (κ1) is 22.1. The van der Waals surface area contributed by atoms with Crippen molar-refractivity contribution in [1.29, 1.82) is 0 Å². The van der Waals surface area contributed by atoms with E-state index < -0.39 is 11.3 Å². The number of nitrogens with zero attached hydrogens (tertiary/aromatic N) is 5. The maximum atomic E-state index is 14.6. The Bertz CT molecular complexity index is 1510. The lowest BCUT2D eigenvalue weighted by Gasteiger charge is -2.12. The van der Waals surface area contributed by atoms with Crippen LogP contribution in [0.5, 0.6) is 0 Å². The fourth-order valence-electron chi connectivity index (χ4n) is 3.88. The molecule has 0 saturated heterocycles. The Labute approximate surface area is 197 Å². The summed E-state index contributed by atoms with van der Waals surface area (Å²) in [4.78, 5) is 9.26. The molecule has 1 atom stereocenters. The summed E-state index contributed by atoms with van der Waals surface area (Å²) in [5, 5.41) is 4.22. The van der Waals surface area contributed by atoms with Crippen LogP contribution in [0.25, 0.3) is 39.1 Å². The number of rotatable bonds is 7. The van der Waals surface area contributed by atoms with Crippen molar-refractivity contribution < 1.29 is 13.2 Å². The molecule has 8 nitrogen and oxygen atoms in total. The van der Waals surface area contributed by atoms with Crippen molar-refractivity contribution in [2.24, 2.45) is 7.05 Å². The number of hydrogen-bond acceptors (Lipinski definition) is 5. The fourth-order valence-corrected chi connectivity index (χ4v) is 4.15. The minimum atomic E-state index is -2.36. The smallest absolute Gasteiger partial charge is 0.139 e. The number of halogens is 1. The van der Waals surface area contributed by atoms with Crippen LogP contribution >= 0.6 is 0 Å². The molecule has 172 valence electrons. The largest absolute Gasteiger partial charge is 0.760 e. The molecule has 1 N–H and O–H groups in total. The van der Waals surface area contributed by atoms with Gasteiger partial charge in [0.15, 0.2) is 0 Å². The van der Waals surface area contributed by atoms with E-state index in [0.717, 1.165) is 22.2 Å². The maximum Gasteiger partial charge on any atom is 0.139 e. The van der Waals surface area contributed by atoms with Crippen molar-refractivity contribution in [3.8, 4) is 28.1 Å². The third kappa shape index (κ3) is 4.51. The lowest BCUT2D eigenvalue weighted by molar-refractivity contribution is 0.523. The standard InChI is InChI=1S/C24H21FN6O2S/c1-30-14-18(13-27-30)16-6-7-23-22(11-16)26-15-31(23)24-12-17(20-4-2-3-5-21(20)25)10-19(29-24)8-9-28-34(32)33/h2-7,10-15,28H,8-9H2,1H3,(H,32,33)/p-1. The Morgan fingerprint density at radius 3 is 2.71 bits per heavy atom. The summed E-state index contributed by atoms with van der Waals surface area (Å²) in [7, 11) is 1.87. The zero-order valence-corrected chi connectivity index (χ0v) is 19.0. The van der Waals surface area contributed by atoms with Crippen molar-refractivity contribution in [2.45, 2.75) is 6.42 Å². The molecule has 0 saturated carbocycles. The highest BCUT2D eigenvalue weighted by molar-refractivity contribution is 7.77. The number of nitrogens with one attached hydrogen (secondary N) is 1. The van der Waals surface area contributed by atoms with Crippen molar-refractivity contribution >= 4 is 22.3 Å². The third-order valence-electron chi connectivity index (χ3n) is 5.48. The minimum absolute atomic E-state index is 0.183. The van der Waals surface area contributed by atoms with Crippen LogP contribution in [0, 0.1) is 5.82 Å². The van der Waals surface area contributed by atoms with E-state index >= 15 is 0 Å². The number of fused-ring (bicyclic) bond motifs is 1. The summed E-state index contributed by atoms with van der Waals surface area (Å²) in [6.45, 7) is 0.183. The Balaban J connectivity index is 1.58. The lowest BCUT2D eigenvalue weighted by atomic mass is 10.0. The van der Waals surface area contributed by atoms with Gasteiger partial charge in [-0.1, -0.05) is 24.3 Å².